The topological polar surface area (TPSA) is 67.2 Å². The molecule has 2 rings (SSSR count). The summed E-state index contributed by atoms with van der Waals surface area (Å²) in [6.07, 6.45) is 4.94. The Hall–Kier alpha value is -0.910. The SMILES string of the molecule is NCCN1CCCOC(c2cn[nH]c2)C1. The number of hydrogen-bond acceptors (Lipinski definition) is 4. The number of rotatable bonds is 3. The van der Waals surface area contributed by atoms with E-state index in [2.05, 4.69) is 15.1 Å². The molecule has 3 N–H and O–H groups in total. The second kappa shape index (κ2) is 5.25. The van der Waals surface area contributed by atoms with E-state index in [1.54, 1.807) is 0 Å². The van der Waals surface area contributed by atoms with Crippen LogP contribution in [0, 0.1) is 0 Å². The molecule has 5 nitrogen and oxygen atoms in total. The summed E-state index contributed by atoms with van der Waals surface area (Å²) < 4.78 is 5.78. The van der Waals surface area contributed by atoms with E-state index in [9.17, 15) is 0 Å². The first-order valence-electron chi connectivity index (χ1n) is 5.43. The zero-order chi connectivity index (χ0) is 10.5. The van der Waals surface area contributed by atoms with Gasteiger partial charge in [0.15, 0.2) is 0 Å². The third kappa shape index (κ3) is 2.77. The Bertz CT molecular complexity index is 275. The summed E-state index contributed by atoms with van der Waals surface area (Å²) >= 11 is 0. The Morgan fingerprint density at radius 1 is 1.67 bits per heavy atom. The zero-order valence-corrected chi connectivity index (χ0v) is 8.85. The van der Waals surface area contributed by atoms with Gasteiger partial charge in [-0.15, -0.1) is 0 Å². The van der Waals surface area contributed by atoms with Crippen molar-refractivity contribution in [2.45, 2.75) is 12.5 Å². The molecular weight excluding hydrogens is 192 g/mol. The minimum absolute atomic E-state index is 0.137. The van der Waals surface area contributed by atoms with E-state index in [4.69, 9.17) is 10.5 Å². The molecule has 1 aromatic rings. The maximum atomic E-state index is 5.78. The molecule has 1 aliphatic rings. The molecule has 0 aromatic carbocycles. The van der Waals surface area contributed by atoms with Gasteiger partial charge in [0.05, 0.1) is 12.3 Å². The van der Waals surface area contributed by atoms with Gasteiger partial charge in [0, 0.05) is 44.5 Å². The minimum Gasteiger partial charge on any atom is -0.372 e. The molecule has 1 atom stereocenters. The van der Waals surface area contributed by atoms with E-state index in [-0.39, 0.29) is 6.10 Å². The van der Waals surface area contributed by atoms with Crippen LogP contribution in [0.1, 0.15) is 18.1 Å². The van der Waals surface area contributed by atoms with Crippen LogP contribution in [0.15, 0.2) is 12.4 Å². The summed E-state index contributed by atoms with van der Waals surface area (Å²) in [5, 5.41) is 6.77. The zero-order valence-electron chi connectivity index (χ0n) is 8.85. The maximum Gasteiger partial charge on any atom is 0.0981 e. The van der Waals surface area contributed by atoms with Gasteiger partial charge in [0.25, 0.3) is 0 Å². The van der Waals surface area contributed by atoms with Gasteiger partial charge in [0.2, 0.25) is 0 Å². The average Bonchev–Trinajstić information content (AvgIpc) is 2.67. The van der Waals surface area contributed by atoms with Gasteiger partial charge in [-0.2, -0.15) is 5.10 Å². The normalized spacial score (nSPS) is 23.9. The molecule has 2 heterocycles. The predicted octanol–water partition coefficient (Wildman–Crippen LogP) is 0.132. The Morgan fingerprint density at radius 3 is 3.33 bits per heavy atom. The van der Waals surface area contributed by atoms with E-state index < -0.39 is 0 Å². The second-order valence-electron chi connectivity index (χ2n) is 3.83. The number of nitrogens with two attached hydrogens (primary N) is 1. The third-order valence-electron chi connectivity index (χ3n) is 2.70. The standard InChI is InChI=1S/C10H18N4O/c11-2-4-14-3-1-5-15-10(8-14)9-6-12-13-7-9/h6-7,10H,1-5,8,11H2,(H,12,13). The van der Waals surface area contributed by atoms with E-state index in [0.717, 1.165) is 38.2 Å². The molecule has 1 saturated heterocycles. The van der Waals surface area contributed by atoms with Crippen LogP contribution >= 0.6 is 0 Å². The van der Waals surface area contributed by atoms with Crippen LogP contribution in [0.5, 0.6) is 0 Å². The molecule has 1 aliphatic heterocycles. The Labute approximate surface area is 89.6 Å². The van der Waals surface area contributed by atoms with Gasteiger partial charge in [0.1, 0.15) is 0 Å². The fraction of sp³-hybridized carbons (Fsp3) is 0.700. The van der Waals surface area contributed by atoms with Gasteiger partial charge in [-0.25, -0.2) is 0 Å². The number of aromatic amines is 1. The molecule has 1 aromatic heterocycles. The first-order chi connectivity index (χ1) is 7.40. The molecule has 5 heteroatoms. The smallest absolute Gasteiger partial charge is 0.0981 e. The van der Waals surface area contributed by atoms with Crippen LogP contribution in [0.4, 0.5) is 0 Å². The van der Waals surface area contributed by atoms with Crippen molar-refractivity contribution in [2.24, 2.45) is 5.73 Å². The van der Waals surface area contributed by atoms with Crippen molar-refractivity contribution < 1.29 is 4.74 Å². The lowest BCUT2D eigenvalue weighted by Gasteiger charge is -2.22. The fourth-order valence-corrected chi connectivity index (χ4v) is 1.92. The highest BCUT2D eigenvalue weighted by Gasteiger charge is 2.20. The highest BCUT2D eigenvalue weighted by molar-refractivity contribution is 5.08. The maximum absolute atomic E-state index is 5.78. The molecular formula is C10H18N4O. The van der Waals surface area contributed by atoms with Gasteiger partial charge < -0.3 is 10.5 Å². The molecule has 15 heavy (non-hydrogen) atoms. The highest BCUT2D eigenvalue weighted by atomic mass is 16.5. The summed E-state index contributed by atoms with van der Waals surface area (Å²) in [7, 11) is 0. The van der Waals surface area contributed by atoms with Crippen molar-refractivity contribution in [2.75, 3.05) is 32.8 Å². The van der Waals surface area contributed by atoms with Crippen LogP contribution < -0.4 is 5.73 Å². The number of nitrogens with one attached hydrogen (secondary N) is 1. The van der Waals surface area contributed by atoms with Crippen LogP contribution in [0.25, 0.3) is 0 Å². The second-order valence-corrected chi connectivity index (χ2v) is 3.83. The third-order valence-corrected chi connectivity index (χ3v) is 2.70. The monoisotopic (exact) mass is 210 g/mol. The van der Waals surface area contributed by atoms with Gasteiger partial charge >= 0.3 is 0 Å². The quantitative estimate of drug-likeness (QED) is 0.744. The van der Waals surface area contributed by atoms with Crippen molar-refractivity contribution in [3.8, 4) is 0 Å². The molecule has 84 valence electrons. The van der Waals surface area contributed by atoms with Gasteiger partial charge in [-0.3, -0.25) is 10.00 Å². The molecule has 1 unspecified atom stereocenters. The number of H-pyrrole nitrogens is 1. The summed E-state index contributed by atoms with van der Waals surface area (Å²) in [6.45, 7) is 4.45. The molecule has 0 bridgehead atoms. The summed E-state index contributed by atoms with van der Waals surface area (Å²) in [5.41, 5.74) is 6.70. The first kappa shape index (κ1) is 10.6. The number of nitrogens with zero attached hydrogens (tertiary/aromatic N) is 2. The lowest BCUT2D eigenvalue weighted by molar-refractivity contribution is 0.0542. The molecule has 1 fully saturated rings. The highest BCUT2D eigenvalue weighted by Crippen LogP contribution is 2.20. The molecule has 0 amide bonds. The van der Waals surface area contributed by atoms with Crippen LogP contribution in [-0.4, -0.2) is 47.9 Å². The van der Waals surface area contributed by atoms with Crippen LogP contribution in [-0.2, 0) is 4.74 Å². The van der Waals surface area contributed by atoms with Crippen molar-refractivity contribution in [1.29, 1.82) is 0 Å². The number of aromatic nitrogens is 2. The molecule has 0 saturated carbocycles. The number of ether oxygens (including phenoxy) is 1. The Kier molecular flexibility index (Phi) is 3.71. The Morgan fingerprint density at radius 2 is 2.60 bits per heavy atom. The van der Waals surface area contributed by atoms with E-state index >= 15 is 0 Å². The van der Waals surface area contributed by atoms with Gasteiger partial charge in [-0.1, -0.05) is 0 Å². The average molecular weight is 210 g/mol. The fourth-order valence-electron chi connectivity index (χ4n) is 1.92. The van der Waals surface area contributed by atoms with Crippen LogP contribution in [0.2, 0.25) is 0 Å². The Balaban J connectivity index is 1.99. The summed E-state index contributed by atoms with van der Waals surface area (Å²) in [4.78, 5) is 2.35. The van der Waals surface area contributed by atoms with Crippen molar-refractivity contribution >= 4 is 0 Å². The van der Waals surface area contributed by atoms with Crippen molar-refractivity contribution in [1.82, 2.24) is 15.1 Å². The lowest BCUT2D eigenvalue weighted by atomic mass is 10.2. The predicted molar refractivity (Wildman–Crippen MR) is 57.4 cm³/mol. The van der Waals surface area contributed by atoms with E-state index in [0.29, 0.717) is 6.54 Å². The molecule has 0 radical (unpaired) electrons. The molecule has 0 aliphatic carbocycles. The first-order valence-corrected chi connectivity index (χ1v) is 5.43. The summed E-state index contributed by atoms with van der Waals surface area (Å²) in [5.74, 6) is 0. The largest absolute Gasteiger partial charge is 0.372 e. The van der Waals surface area contributed by atoms with E-state index in [1.807, 2.05) is 12.4 Å². The van der Waals surface area contributed by atoms with Crippen LogP contribution in [0.3, 0.4) is 0 Å². The lowest BCUT2D eigenvalue weighted by Crippen LogP contribution is -2.32. The molecule has 0 spiro atoms. The van der Waals surface area contributed by atoms with Gasteiger partial charge in [-0.05, 0) is 6.42 Å². The number of hydrogen-bond donors (Lipinski definition) is 2. The minimum atomic E-state index is 0.137. The van der Waals surface area contributed by atoms with E-state index in [1.165, 1.54) is 0 Å². The summed E-state index contributed by atoms with van der Waals surface area (Å²) in [6, 6.07) is 0. The van der Waals surface area contributed by atoms with Crippen molar-refractivity contribution in [3.05, 3.63) is 18.0 Å². The van der Waals surface area contributed by atoms with Crippen molar-refractivity contribution in [3.63, 3.8) is 0 Å².